The number of nitrogens with zero attached hydrogens (tertiary/aromatic N) is 1. The van der Waals surface area contributed by atoms with Gasteiger partial charge in [-0.1, -0.05) is 61.9 Å². The maximum Gasteiger partial charge on any atom is 0.406 e. The summed E-state index contributed by atoms with van der Waals surface area (Å²) in [5.74, 6) is 0.898. The minimum Gasteiger partial charge on any atom is -0.453 e. The van der Waals surface area contributed by atoms with Gasteiger partial charge >= 0.3 is 12.1 Å². The monoisotopic (exact) mass is 502 g/mol. The molecule has 36 heavy (non-hydrogen) atoms. The van der Waals surface area contributed by atoms with Crippen molar-refractivity contribution < 1.29 is 19.1 Å². The molecule has 1 saturated heterocycles. The van der Waals surface area contributed by atoms with Gasteiger partial charge in [0.15, 0.2) is 0 Å². The highest BCUT2D eigenvalue weighted by Gasteiger charge is 2.32. The van der Waals surface area contributed by atoms with E-state index in [9.17, 15) is 9.59 Å². The second-order valence-electron chi connectivity index (χ2n) is 10.4. The molecule has 3 rings (SSSR count). The lowest BCUT2D eigenvalue weighted by atomic mass is 9.85. The zero-order valence-corrected chi connectivity index (χ0v) is 22.4. The Kier molecular flexibility index (Phi) is 11.8. The second kappa shape index (κ2) is 15.1. The summed E-state index contributed by atoms with van der Waals surface area (Å²) in [7, 11) is 3.31. The molecule has 1 unspecified atom stereocenters. The first-order valence-electron chi connectivity index (χ1n) is 13.7. The standard InChI is InChI=1S/C28H46N4O4/c1-21-9-7-12-23(17-21)26(36-16-14-30-28(34)35-3)24-13-8-15-32(20-24)27(33)31-25(19-29-2)18-22-10-5-4-6-11-22/h7,9,12,17,22,24-26,29H,4-6,8,10-11,13-16,18-20H2,1-3H3,(H,30,34)(H,31,33)/t24-,25+,26?/m1/s1. The fraction of sp³-hybridized carbons (Fsp3) is 0.714. The van der Waals surface area contributed by atoms with Gasteiger partial charge in [0.05, 0.1) is 19.8 Å². The van der Waals surface area contributed by atoms with Crippen LogP contribution in [0.4, 0.5) is 9.59 Å². The van der Waals surface area contributed by atoms with Gasteiger partial charge in [-0.3, -0.25) is 0 Å². The molecule has 8 heteroatoms. The van der Waals surface area contributed by atoms with Crippen LogP contribution in [0.5, 0.6) is 0 Å². The molecule has 1 saturated carbocycles. The average Bonchev–Trinajstić information content (AvgIpc) is 2.89. The number of alkyl carbamates (subject to hydrolysis) is 1. The Labute approximate surface area is 216 Å². The largest absolute Gasteiger partial charge is 0.453 e. The molecule has 0 aromatic heterocycles. The fourth-order valence-electron chi connectivity index (χ4n) is 5.74. The lowest BCUT2D eigenvalue weighted by molar-refractivity contribution is -0.00868. The molecule has 2 fully saturated rings. The normalized spacial score (nSPS) is 20.4. The summed E-state index contributed by atoms with van der Waals surface area (Å²) in [5.41, 5.74) is 2.29. The number of rotatable bonds is 11. The van der Waals surface area contributed by atoms with Crippen LogP contribution < -0.4 is 16.0 Å². The van der Waals surface area contributed by atoms with Crippen molar-refractivity contribution in [1.29, 1.82) is 0 Å². The number of amides is 3. The first-order chi connectivity index (χ1) is 17.5. The highest BCUT2D eigenvalue weighted by Crippen LogP contribution is 2.33. The summed E-state index contributed by atoms with van der Waals surface area (Å²) >= 11 is 0. The average molecular weight is 503 g/mol. The molecule has 8 nitrogen and oxygen atoms in total. The number of ether oxygens (including phenoxy) is 2. The van der Waals surface area contributed by atoms with E-state index in [2.05, 4.69) is 51.9 Å². The number of nitrogens with one attached hydrogen (secondary N) is 3. The quantitative estimate of drug-likeness (QED) is 0.391. The number of piperidine rings is 1. The predicted octanol–water partition coefficient (Wildman–Crippen LogP) is 4.39. The third-order valence-corrected chi connectivity index (χ3v) is 7.52. The molecule has 0 radical (unpaired) electrons. The molecule has 1 aromatic carbocycles. The molecule has 0 bridgehead atoms. The highest BCUT2D eigenvalue weighted by atomic mass is 16.5. The van der Waals surface area contributed by atoms with Crippen molar-refractivity contribution in [1.82, 2.24) is 20.9 Å². The van der Waals surface area contributed by atoms with Crippen molar-refractivity contribution in [3.05, 3.63) is 35.4 Å². The molecule has 1 aliphatic heterocycles. The Hall–Kier alpha value is -2.32. The van der Waals surface area contributed by atoms with Gasteiger partial charge in [-0.05, 0) is 44.7 Å². The topological polar surface area (TPSA) is 91.9 Å². The van der Waals surface area contributed by atoms with Gasteiger partial charge in [0.2, 0.25) is 0 Å². The van der Waals surface area contributed by atoms with E-state index in [0.29, 0.717) is 25.6 Å². The number of carbonyl (C=O) groups excluding carboxylic acids is 2. The molecule has 0 spiro atoms. The Morgan fingerprint density at radius 2 is 1.94 bits per heavy atom. The highest BCUT2D eigenvalue weighted by molar-refractivity contribution is 5.74. The van der Waals surface area contributed by atoms with Gasteiger partial charge in [0.25, 0.3) is 0 Å². The molecule has 202 valence electrons. The molecule has 2 aliphatic rings. The molecule has 3 atom stereocenters. The van der Waals surface area contributed by atoms with Crippen molar-refractivity contribution in [2.24, 2.45) is 11.8 Å². The van der Waals surface area contributed by atoms with E-state index in [1.807, 2.05) is 11.9 Å². The summed E-state index contributed by atoms with van der Waals surface area (Å²) in [4.78, 5) is 26.7. The van der Waals surface area contributed by atoms with E-state index < -0.39 is 6.09 Å². The van der Waals surface area contributed by atoms with Crippen molar-refractivity contribution in [3.63, 3.8) is 0 Å². The van der Waals surface area contributed by atoms with E-state index in [1.54, 1.807) is 0 Å². The van der Waals surface area contributed by atoms with Crippen LogP contribution in [-0.2, 0) is 9.47 Å². The molecule has 1 aliphatic carbocycles. The van der Waals surface area contributed by atoms with Crippen molar-refractivity contribution in [3.8, 4) is 0 Å². The van der Waals surface area contributed by atoms with E-state index in [0.717, 1.165) is 37.9 Å². The lowest BCUT2D eigenvalue weighted by Crippen LogP contribution is -2.52. The number of urea groups is 1. The third kappa shape index (κ3) is 8.96. The lowest BCUT2D eigenvalue weighted by Gasteiger charge is -2.38. The summed E-state index contributed by atoms with van der Waals surface area (Å²) < 4.78 is 11.0. The second-order valence-corrected chi connectivity index (χ2v) is 10.4. The number of hydrogen-bond acceptors (Lipinski definition) is 5. The Balaban J connectivity index is 1.62. The van der Waals surface area contributed by atoms with E-state index in [1.165, 1.54) is 44.8 Å². The minimum atomic E-state index is -0.462. The van der Waals surface area contributed by atoms with Crippen molar-refractivity contribution in [2.75, 3.05) is 46.9 Å². The van der Waals surface area contributed by atoms with E-state index >= 15 is 0 Å². The van der Waals surface area contributed by atoms with Gasteiger partial charge in [0.1, 0.15) is 0 Å². The number of hydrogen-bond donors (Lipinski definition) is 3. The van der Waals surface area contributed by atoms with Gasteiger partial charge in [-0.15, -0.1) is 0 Å². The van der Waals surface area contributed by atoms with Gasteiger partial charge in [0, 0.05) is 38.1 Å². The third-order valence-electron chi connectivity index (χ3n) is 7.52. The first kappa shape index (κ1) is 28.3. The number of likely N-dealkylation sites (tertiary alicyclic amines) is 1. The van der Waals surface area contributed by atoms with E-state index in [4.69, 9.17) is 4.74 Å². The predicted molar refractivity (Wildman–Crippen MR) is 142 cm³/mol. The Bertz CT molecular complexity index is 814. The molecule has 1 heterocycles. The first-order valence-corrected chi connectivity index (χ1v) is 13.7. The summed E-state index contributed by atoms with van der Waals surface area (Å²) in [6, 6.07) is 8.57. The summed E-state index contributed by atoms with van der Waals surface area (Å²) in [5, 5.41) is 9.29. The molecule has 3 N–H and O–H groups in total. The Morgan fingerprint density at radius 3 is 2.67 bits per heavy atom. The van der Waals surface area contributed by atoms with Gasteiger partial charge in [-0.25, -0.2) is 9.59 Å². The van der Waals surface area contributed by atoms with Crippen LogP contribution >= 0.6 is 0 Å². The van der Waals surface area contributed by atoms with Crippen LogP contribution in [0.25, 0.3) is 0 Å². The number of benzene rings is 1. The fourth-order valence-corrected chi connectivity index (χ4v) is 5.74. The zero-order chi connectivity index (χ0) is 25.8. The number of carbonyl (C=O) groups is 2. The SMILES string of the molecule is CNC[C@H](CC1CCCCC1)NC(=O)N1CCC[C@@H](C(OCCNC(=O)OC)c2cccc(C)c2)C1. The summed E-state index contributed by atoms with van der Waals surface area (Å²) in [6.07, 6.45) is 8.92. The maximum absolute atomic E-state index is 13.3. The molecular formula is C28H46N4O4. The smallest absolute Gasteiger partial charge is 0.406 e. The van der Waals surface area contributed by atoms with Crippen LogP contribution in [0.3, 0.4) is 0 Å². The van der Waals surface area contributed by atoms with Crippen LogP contribution in [0.2, 0.25) is 0 Å². The van der Waals surface area contributed by atoms with Crippen LogP contribution in [-0.4, -0.2) is 70.0 Å². The van der Waals surface area contributed by atoms with Gasteiger partial charge < -0.3 is 30.3 Å². The number of aryl methyl sites for hydroxylation is 1. The van der Waals surface area contributed by atoms with E-state index in [-0.39, 0.29) is 24.1 Å². The maximum atomic E-state index is 13.3. The zero-order valence-electron chi connectivity index (χ0n) is 22.4. The van der Waals surface area contributed by atoms with Gasteiger partial charge in [-0.2, -0.15) is 0 Å². The van der Waals surface area contributed by atoms with Crippen LogP contribution in [0.1, 0.15) is 68.6 Å². The minimum absolute atomic E-state index is 0.0334. The molecule has 1 aromatic rings. The van der Waals surface area contributed by atoms with Crippen molar-refractivity contribution in [2.45, 2.75) is 70.4 Å². The molecular weight excluding hydrogens is 456 g/mol. The van der Waals surface area contributed by atoms with Crippen LogP contribution in [0, 0.1) is 18.8 Å². The number of methoxy groups -OCH3 is 1. The number of likely N-dealkylation sites (N-methyl/N-ethyl adjacent to an activating group) is 1. The van der Waals surface area contributed by atoms with Crippen LogP contribution in [0.15, 0.2) is 24.3 Å². The molecule has 3 amide bonds. The Morgan fingerprint density at radius 1 is 1.14 bits per heavy atom. The summed E-state index contributed by atoms with van der Waals surface area (Å²) in [6.45, 7) is 5.05. The van der Waals surface area contributed by atoms with Crippen molar-refractivity contribution >= 4 is 12.1 Å².